The third-order valence-electron chi connectivity index (χ3n) is 8.54. The number of hydrogen-bond acceptors (Lipinski definition) is 3. The second kappa shape index (κ2) is 11.5. The Hall–Kier alpha value is -5.16. The van der Waals surface area contributed by atoms with E-state index in [1.165, 1.54) is 33.2 Å². The molecule has 0 aliphatic heterocycles. The van der Waals surface area contributed by atoms with Crippen LogP contribution >= 0.6 is 0 Å². The first-order chi connectivity index (χ1) is 21.6. The van der Waals surface area contributed by atoms with Crippen LogP contribution in [0.25, 0.3) is 44.4 Å². The van der Waals surface area contributed by atoms with Crippen molar-refractivity contribution in [2.75, 3.05) is 0 Å². The molecule has 0 amide bonds. The summed E-state index contributed by atoms with van der Waals surface area (Å²) in [5, 5.41) is 7.52. The molecule has 0 aliphatic carbocycles. The lowest BCUT2D eigenvalue weighted by Gasteiger charge is -2.16. The normalized spacial score (nSPS) is 12.2. The Balaban J connectivity index is 1.32. The summed E-state index contributed by atoms with van der Waals surface area (Å²) < 4.78 is 10.9. The summed E-state index contributed by atoms with van der Waals surface area (Å²) >= 11 is 0. The first-order valence-electron chi connectivity index (χ1n) is 15.5. The number of rotatable bonds is 8. The number of pyridine rings is 1. The van der Waals surface area contributed by atoms with E-state index in [0.717, 1.165) is 52.6 Å². The van der Waals surface area contributed by atoms with Crippen molar-refractivity contribution >= 4 is 21.8 Å². The summed E-state index contributed by atoms with van der Waals surface area (Å²) in [6.45, 7) is 8.81. The molecule has 44 heavy (non-hydrogen) atoms. The summed E-state index contributed by atoms with van der Waals surface area (Å²) in [7, 11) is 0. The number of para-hydroxylation sites is 1. The Kier molecular flexibility index (Phi) is 7.23. The molecule has 5 nitrogen and oxygen atoms in total. The Morgan fingerprint density at radius 3 is 2.32 bits per heavy atom. The van der Waals surface area contributed by atoms with Gasteiger partial charge in [0.15, 0.2) is 0 Å². The lowest BCUT2D eigenvalue weighted by molar-refractivity contribution is 0.482. The number of aromatic nitrogens is 4. The zero-order valence-corrected chi connectivity index (χ0v) is 25.7. The van der Waals surface area contributed by atoms with Crippen molar-refractivity contribution in [2.45, 2.75) is 46.5 Å². The molecule has 0 radical (unpaired) electrons. The Morgan fingerprint density at radius 1 is 0.750 bits per heavy atom. The van der Waals surface area contributed by atoms with Crippen LogP contribution in [0.4, 0.5) is 0 Å². The van der Waals surface area contributed by atoms with E-state index in [2.05, 4.69) is 128 Å². The molecule has 0 saturated carbocycles. The number of benzene rings is 4. The van der Waals surface area contributed by atoms with Crippen molar-refractivity contribution in [3.05, 3.63) is 132 Å². The topological polar surface area (TPSA) is 44.9 Å². The highest BCUT2D eigenvalue weighted by molar-refractivity contribution is 6.09. The largest absolute Gasteiger partial charge is 0.457 e. The van der Waals surface area contributed by atoms with E-state index in [9.17, 15) is 0 Å². The highest BCUT2D eigenvalue weighted by atomic mass is 16.5. The molecule has 7 aromatic rings. The summed E-state index contributed by atoms with van der Waals surface area (Å²) in [4.78, 5) is 4.72. The summed E-state index contributed by atoms with van der Waals surface area (Å²) in [6.07, 6.45) is 3.75. The van der Waals surface area contributed by atoms with Gasteiger partial charge in [-0.1, -0.05) is 75.4 Å². The van der Waals surface area contributed by atoms with Gasteiger partial charge in [0, 0.05) is 34.7 Å². The van der Waals surface area contributed by atoms with Crippen LogP contribution < -0.4 is 4.74 Å². The van der Waals surface area contributed by atoms with Gasteiger partial charge in [0.05, 0.1) is 28.1 Å². The molecule has 0 N–H and O–H groups in total. The predicted molar refractivity (Wildman–Crippen MR) is 180 cm³/mol. The standard InChI is InChI=1S/C39H36N4O/c1-5-27(4)39-38(28-13-8-7-9-14-28)34(6-2)41-43(39)29-15-12-16-30(24-29)44-31-19-20-33-32-17-10-11-18-35(32)42(36(33)25-31)37-23-26(3)21-22-40-37/h7-25,27H,5-6H2,1-4H3. The van der Waals surface area contributed by atoms with Crippen LogP contribution in [-0.2, 0) is 6.42 Å². The van der Waals surface area contributed by atoms with Crippen molar-refractivity contribution in [3.63, 3.8) is 0 Å². The van der Waals surface area contributed by atoms with E-state index >= 15 is 0 Å². The van der Waals surface area contributed by atoms with Crippen LogP contribution in [0.5, 0.6) is 11.5 Å². The molecule has 0 spiro atoms. The first kappa shape index (κ1) is 27.7. The van der Waals surface area contributed by atoms with Gasteiger partial charge in [-0.25, -0.2) is 9.67 Å². The molecule has 1 atom stereocenters. The third-order valence-corrected chi connectivity index (χ3v) is 8.54. The van der Waals surface area contributed by atoms with Gasteiger partial charge in [0.1, 0.15) is 17.3 Å². The average molecular weight is 577 g/mol. The van der Waals surface area contributed by atoms with E-state index in [4.69, 9.17) is 14.8 Å². The van der Waals surface area contributed by atoms with Crippen LogP contribution in [0.3, 0.4) is 0 Å². The highest BCUT2D eigenvalue weighted by Gasteiger charge is 2.23. The van der Waals surface area contributed by atoms with Gasteiger partial charge in [-0.15, -0.1) is 0 Å². The molecule has 1 unspecified atom stereocenters. The molecule has 0 aliphatic rings. The fourth-order valence-electron chi connectivity index (χ4n) is 6.21. The molecule has 0 fully saturated rings. The fraction of sp³-hybridized carbons (Fsp3) is 0.179. The van der Waals surface area contributed by atoms with Gasteiger partial charge in [-0.2, -0.15) is 5.10 Å². The van der Waals surface area contributed by atoms with Crippen molar-refractivity contribution in [2.24, 2.45) is 0 Å². The minimum absolute atomic E-state index is 0.335. The lowest BCUT2D eigenvalue weighted by atomic mass is 9.94. The molecular weight excluding hydrogens is 540 g/mol. The van der Waals surface area contributed by atoms with Crippen molar-refractivity contribution in [3.8, 4) is 34.1 Å². The smallest absolute Gasteiger partial charge is 0.137 e. The number of aryl methyl sites for hydroxylation is 2. The van der Waals surface area contributed by atoms with Crippen LogP contribution in [0.2, 0.25) is 0 Å². The maximum absolute atomic E-state index is 6.56. The molecule has 4 aromatic carbocycles. The number of nitrogens with zero attached hydrogens (tertiary/aromatic N) is 4. The van der Waals surface area contributed by atoms with Gasteiger partial charge in [-0.3, -0.25) is 4.57 Å². The van der Waals surface area contributed by atoms with E-state index < -0.39 is 0 Å². The zero-order chi connectivity index (χ0) is 30.2. The van der Waals surface area contributed by atoms with E-state index in [1.807, 2.05) is 24.4 Å². The van der Waals surface area contributed by atoms with E-state index in [-0.39, 0.29) is 0 Å². The Labute approximate surface area is 258 Å². The number of fused-ring (bicyclic) bond motifs is 3. The second-order valence-electron chi connectivity index (χ2n) is 11.5. The first-order valence-corrected chi connectivity index (χ1v) is 15.5. The molecule has 7 rings (SSSR count). The van der Waals surface area contributed by atoms with Crippen LogP contribution in [0, 0.1) is 6.92 Å². The van der Waals surface area contributed by atoms with E-state index in [0.29, 0.717) is 5.92 Å². The molecule has 3 aromatic heterocycles. The van der Waals surface area contributed by atoms with Crippen molar-refractivity contribution < 1.29 is 4.74 Å². The van der Waals surface area contributed by atoms with Gasteiger partial charge in [-0.05, 0) is 79.3 Å². The molecule has 0 saturated heterocycles. The van der Waals surface area contributed by atoms with Crippen LogP contribution in [0.15, 0.2) is 115 Å². The number of ether oxygens (including phenoxy) is 1. The van der Waals surface area contributed by atoms with Crippen molar-refractivity contribution in [1.29, 1.82) is 0 Å². The minimum atomic E-state index is 0.335. The average Bonchev–Trinajstić information content (AvgIpc) is 3.61. The fourth-order valence-corrected chi connectivity index (χ4v) is 6.21. The molecule has 3 heterocycles. The van der Waals surface area contributed by atoms with Crippen LogP contribution in [0.1, 0.15) is 50.1 Å². The third kappa shape index (κ3) is 4.84. The summed E-state index contributed by atoms with van der Waals surface area (Å²) in [5.41, 5.74) is 9.16. The SMILES string of the molecule is CCc1nn(-c2cccc(Oc3ccc4c5ccccc5n(-c5cc(C)ccn5)c4c3)c2)c(C(C)CC)c1-c1ccccc1. The van der Waals surface area contributed by atoms with E-state index in [1.54, 1.807) is 0 Å². The van der Waals surface area contributed by atoms with Crippen molar-refractivity contribution in [1.82, 2.24) is 19.3 Å². The highest BCUT2D eigenvalue weighted by Crippen LogP contribution is 2.38. The van der Waals surface area contributed by atoms with Gasteiger partial charge in [0.2, 0.25) is 0 Å². The van der Waals surface area contributed by atoms with Crippen LogP contribution in [-0.4, -0.2) is 19.3 Å². The maximum Gasteiger partial charge on any atom is 0.137 e. The van der Waals surface area contributed by atoms with Gasteiger partial charge >= 0.3 is 0 Å². The zero-order valence-electron chi connectivity index (χ0n) is 25.7. The monoisotopic (exact) mass is 576 g/mol. The minimum Gasteiger partial charge on any atom is -0.457 e. The molecule has 5 heteroatoms. The lowest BCUT2D eigenvalue weighted by Crippen LogP contribution is -2.06. The molecular formula is C39H36N4O. The van der Waals surface area contributed by atoms with Gasteiger partial charge in [0.25, 0.3) is 0 Å². The predicted octanol–water partition coefficient (Wildman–Crippen LogP) is 10.2. The van der Waals surface area contributed by atoms with Gasteiger partial charge < -0.3 is 4.74 Å². The number of hydrogen-bond donors (Lipinski definition) is 0. The second-order valence-corrected chi connectivity index (χ2v) is 11.5. The summed E-state index contributed by atoms with van der Waals surface area (Å²) in [6, 6.07) is 37.9. The quantitative estimate of drug-likeness (QED) is 0.181. The Morgan fingerprint density at radius 2 is 1.52 bits per heavy atom. The maximum atomic E-state index is 6.56. The summed E-state index contributed by atoms with van der Waals surface area (Å²) in [5.74, 6) is 2.77. The molecule has 218 valence electrons. The molecule has 0 bridgehead atoms. The Bertz CT molecular complexity index is 2100.